The zero-order valence-corrected chi connectivity index (χ0v) is 38.8. The Bertz CT molecular complexity index is 2190. The molecule has 340 valence electrons. The third kappa shape index (κ3) is 10.4. The first-order chi connectivity index (χ1) is 30.4. The van der Waals surface area contributed by atoms with E-state index in [1.165, 1.54) is 0 Å². The van der Waals surface area contributed by atoms with Crippen LogP contribution in [0.15, 0.2) is 97.1 Å². The van der Waals surface area contributed by atoms with Crippen LogP contribution in [-0.4, -0.2) is 78.3 Å². The zero-order valence-electron chi connectivity index (χ0n) is 35.8. The number of carboxylic acid groups (broad SMARTS) is 2. The van der Waals surface area contributed by atoms with E-state index < -0.39 is 35.0 Å². The number of hydrogen-bond acceptors (Lipinski definition) is 6. The zero-order chi connectivity index (χ0) is 46.1. The number of aliphatic hydroxyl groups is 2. The van der Waals surface area contributed by atoms with E-state index in [9.17, 15) is 39.6 Å². The van der Waals surface area contributed by atoms with Gasteiger partial charge in [0.25, 0.3) is 0 Å². The lowest BCUT2D eigenvalue weighted by molar-refractivity contribution is -0.160. The Morgan fingerprint density at radius 1 is 0.547 bits per heavy atom. The molecular weight excluding hydrogens is 898 g/mol. The van der Waals surface area contributed by atoms with Crippen LogP contribution in [0.2, 0.25) is 20.1 Å². The highest BCUT2D eigenvalue weighted by molar-refractivity contribution is 6.31. The summed E-state index contributed by atoms with van der Waals surface area (Å²) < 4.78 is 0. The lowest BCUT2D eigenvalue weighted by atomic mass is 9.67. The molecule has 8 rings (SSSR count). The van der Waals surface area contributed by atoms with Crippen molar-refractivity contribution in [2.45, 2.75) is 126 Å². The number of piperidine rings is 2. The van der Waals surface area contributed by atoms with E-state index >= 15 is 0 Å². The number of likely N-dealkylation sites (tertiary alicyclic amines) is 2. The number of amides is 2. The van der Waals surface area contributed by atoms with Gasteiger partial charge >= 0.3 is 11.9 Å². The van der Waals surface area contributed by atoms with Crippen molar-refractivity contribution >= 4 is 70.2 Å². The summed E-state index contributed by atoms with van der Waals surface area (Å²) in [6.45, 7) is 3.49. The van der Waals surface area contributed by atoms with Crippen molar-refractivity contribution in [1.29, 1.82) is 0 Å². The fourth-order valence-electron chi connectivity index (χ4n) is 10.9. The summed E-state index contributed by atoms with van der Waals surface area (Å²) in [5.74, 6) is -2.65. The Balaban J connectivity index is 0.000000191. The van der Waals surface area contributed by atoms with E-state index in [1.54, 1.807) is 26.0 Å². The molecule has 0 radical (unpaired) electrons. The molecule has 4 fully saturated rings. The summed E-state index contributed by atoms with van der Waals surface area (Å²) in [7, 11) is 0. The molecule has 2 heterocycles. The van der Waals surface area contributed by atoms with Gasteiger partial charge in [-0.1, -0.05) is 109 Å². The molecule has 14 heteroatoms. The van der Waals surface area contributed by atoms with Crippen molar-refractivity contribution in [2.75, 3.05) is 0 Å². The lowest BCUT2D eigenvalue weighted by Crippen LogP contribution is -2.55. The molecule has 2 unspecified atom stereocenters. The number of halogens is 4. The summed E-state index contributed by atoms with van der Waals surface area (Å²) in [6, 6.07) is 29.1. The predicted molar refractivity (Wildman–Crippen MR) is 248 cm³/mol. The molecule has 10 nitrogen and oxygen atoms in total. The van der Waals surface area contributed by atoms with Crippen LogP contribution in [0.4, 0.5) is 0 Å². The van der Waals surface area contributed by atoms with E-state index in [1.807, 2.05) is 94.7 Å². The number of hydrogen-bond donors (Lipinski definition) is 4. The van der Waals surface area contributed by atoms with Crippen LogP contribution >= 0.6 is 46.4 Å². The molecule has 2 saturated heterocycles. The minimum absolute atomic E-state index is 0.158. The number of nitrogens with zero attached hydrogens (tertiary/aromatic N) is 2. The summed E-state index contributed by atoms with van der Waals surface area (Å²) >= 11 is 24.9. The van der Waals surface area contributed by atoms with E-state index in [0.717, 1.165) is 22.3 Å². The largest absolute Gasteiger partial charge is 0.481 e. The van der Waals surface area contributed by atoms with Crippen molar-refractivity contribution in [3.8, 4) is 0 Å². The van der Waals surface area contributed by atoms with Gasteiger partial charge < -0.3 is 30.2 Å². The van der Waals surface area contributed by atoms with Crippen molar-refractivity contribution < 1.29 is 39.6 Å². The monoisotopic (exact) mass is 950 g/mol. The van der Waals surface area contributed by atoms with Crippen molar-refractivity contribution in [1.82, 2.24) is 9.80 Å². The van der Waals surface area contributed by atoms with E-state index in [-0.39, 0.29) is 60.7 Å². The van der Waals surface area contributed by atoms with Gasteiger partial charge in [0, 0.05) is 44.0 Å². The molecule has 0 spiro atoms. The normalized spacial score (nSPS) is 30.5. The van der Waals surface area contributed by atoms with E-state index in [2.05, 4.69) is 0 Å². The summed E-state index contributed by atoms with van der Waals surface area (Å²) in [6.07, 6.45) is 2.94. The van der Waals surface area contributed by atoms with Gasteiger partial charge in [-0.25, -0.2) is 0 Å². The second kappa shape index (κ2) is 19.7. The SMILES string of the molecule is C[C@]1(CC(=O)O)C[C@H](c2cccc(Cl)c2)[C@@H](c2ccc(Cl)cc2)N(C2CC[C@@H](O)C2)C1=O.C[C@]1(CC(=O)O)C[C@H](c2cccc(Cl)c2)[C@@H](c2ccc(Cl)cc2)N(C2CC[C@H](O)C2)C1=O. The van der Waals surface area contributed by atoms with Gasteiger partial charge in [-0.3, -0.25) is 19.2 Å². The van der Waals surface area contributed by atoms with Crippen LogP contribution in [0.1, 0.15) is 124 Å². The summed E-state index contributed by atoms with van der Waals surface area (Å²) in [5, 5.41) is 42.1. The first-order valence-electron chi connectivity index (χ1n) is 21.8. The van der Waals surface area contributed by atoms with Crippen LogP contribution < -0.4 is 0 Å². The Morgan fingerprint density at radius 3 is 1.20 bits per heavy atom. The van der Waals surface area contributed by atoms with Gasteiger partial charge in [0.15, 0.2) is 0 Å². The maximum Gasteiger partial charge on any atom is 0.304 e. The maximum absolute atomic E-state index is 13.9. The highest BCUT2D eigenvalue weighted by Gasteiger charge is 2.55. The molecular formula is C50H54Cl4N2O8. The first kappa shape index (κ1) is 47.8. The molecule has 4 aliphatic rings. The summed E-state index contributed by atoms with van der Waals surface area (Å²) in [5.41, 5.74) is 1.68. The quantitative estimate of drug-likeness (QED) is 0.122. The number of aliphatic hydroxyl groups excluding tert-OH is 2. The third-order valence-corrected chi connectivity index (χ3v) is 14.8. The number of aliphatic carboxylic acids is 2. The Morgan fingerprint density at radius 2 is 0.906 bits per heavy atom. The van der Waals surface area contributed by atoms with Crippen molar-refractivity contribution in [2.24, 2.45) is 10.8 Å². The maximum atomic E-state index is 13.9. The second-order valence-electron chi connectivity index (χ2n) is 18.7. The van der Waals surface area contributed by atoms with Crippen LogP contribution in [0.3, 0.4) is 0 Å². The highest BCUT2D eigenvalue weighted by atomic mass is 35.5. The molecule has 2 aliphatic heterocycles. The number of carboxylic acids is 2. The molecule has 0 bridgehead atoms. The van der Waals surface area contributed by atoms with Crippen molar-refractivity contribution in [3.63, 3.8) is 0 Å². The smallest absolute Gasteiger partial charge is 0.304 e. The fourth-order valence-corrected chi connectivity index (χ4v) is 11.6. The molecule has 2 saturated carbocycles. The van der Waals surface area contributed by atoms with Crippen LogP contribution in [0.5, 0.6) is 0 Å². The molecule has 4 aromatic rings. The predicted octanol–water partition coefficient (Wildman–Crippen LogP) is 10.9. The molecule has 0 aromatic heterocycles. The molecule has 64 heavy (non-hydrogen) atoms. The minimum atomic E-state index is -1.06. The fraction of sp³-hybridized carbons (Fsp3) is 0.440. The first-order valence-corrected chi connectivity index (χ1v) is 23.3. The molecule has 4 aromatic carbocycles. The number of rotatable bonds is 10. The minimum Gasteiger partial charge on any atom is -0.481 e. The molecule has 10 atom stereocenters. The number of benzene rings is 4. The molecule has 2 aliphatic carbocycles. The molecule has 2 amide bonds. The summed E-state index contributed by atoms with van der Waals surface area (Å²) in [4.78, 5) is 55.0. The van der Waals surface area contributed by atoms with E-state index in [4.69, 9.17) is 46.4 Å². The van der Waals surface area contributed by atoms with Gasteiger partial charge in [0.2, 0.25) is 11.8 Å². The topological polar surface area (TPSA) is 156 Å². The number of carbonyl (C=O) groups excluding carboxylic acids is 2. The average Bonchev–Trinajstić information content (AvgIpc) is 3.87. The Kier molecular flexibility index (Phi) is 14.7. The van der Waals surface area contributed by atoms with Crippen LogP contribution in [-0.2, 0) is 19.2 Å². The van der Waals surface area contributed by atoms with Gasteiger partial charge in [-0.15, -0.1) is 0 Å². The standard InChI is InChI=1S/2C25H27Cl2NO4/c2*1-25(14-22(30)31)13-21(16-3-2-4-18(27)11-16)23(15-5-7-17(26)8-6-15)28(24(25)32)19-9-10-20(29)12-19/h2*2-8,11,19-21,23,29H,9-10,12-14H2,1H3,(H,30,31)/t19?,20-,21+,23+,25+;19?,20-,21-,23-,25-/m01/s1. The van der Waals surface area contributed by atoms with Gasteiger partial charge in [0.05, 0.1) is 48.0 Å². The Labute approximate surface area is 394 Å². The second-order valence-corrected chi connectivity index (χ2v) is 20.4. The van der Waals surface area contributed by atoms with E-state index in [0.29, 0.717) is 71.5 Å². The Hall–Kier alpha value is -4.16. The third-order valence-electron chi connectivity index (χ3n) is 13.8. The van der Waals surface area contributed by atoms with Crippen LogP contribution in [0, 0.1) is 10.8 Å². The highest BCUT2D eigenvalue weighted by Crippen LogP contribution is 2.55. The molecule has 4 N–H and O–H groups in total. The van der Waals surface area contributed by atoms with Gasteiger partial charge in [-0.05, 0) is 122 Å². The lowest BCUT2D eigenvalue weighted by Gasteiger charge is -2.51. The average molecular weight is 953 g/mol. The van der Waals surface area contributed by atoms with Crippen molar-refractivity contribution in [3.05, 3.63) is 139 Å². The van der Waals surface area contributed by atoms with Crippen LogP contribution in [0.25, 0.3) is 0 Å². The van der Waals surface area contributed by atoms with Gasteiger partial charge in [0.1, 0.15) is 0 Å². The van der Waals surface area contributed by atoms with Gasteiger partial charge in [-0.2, -0.15) is 0 Å². The number of carbonyl (C=O) groups is 4.